The number of rotatable bonds is 5. The molecule has 0 unspecified atom stereocenters. The van der Waals surface area contributed by atoms with Crippen molar-refractivity contribution in [2.45, 2.75) is 6.54 Å². The molecule has 2 rings (SSSR count). The van der Waals surface area contributed by atoms with Crippen LogP contribution >= 0.6 is 0 Å². The summed E-state index contributed by atoms with van der Waals surface area (Å²) in [7, 11) is 0. The third-order valence-corrected chi connectivity index (χ3v) is 2.59. The Hall–Kier alpha value is -2.63. The highest BCUT2D eigenvalue weighted by Crippen LogP contribution is 2.05. The molecule has 1 heterocycles. The van der Waals surface area contributed by atoms with E-state index in [1.165, 1.54) is 18.4 Å². The van der Waals surface area contributed by atoms with Crippen molar-refractivity contribution >= 4 is 11.8 Å². The lowest BCUT2D eigenvalue weighted by molar-refractivity contribution is -0.120. The average molecular weight is 276 g/mol. The maximum atomic E-state index is 13.3. The first-order valence-electron chi connectivity index (χ1n) is 5.98. The van der Waals surface area contributed by atoms with Gasteiger partial charge in [-0.05, 0) is 18.2 Å². The van der Waals surface area contributed by atoms with E-state index in [1.807, 2.05) is 0 Å². The summed E-state index contributed by atoms with van der Waals surface area (Å²) < 4.78 is 18.2. The number of benzene rings is 1. The van der Waals surface area contributed by atoms with Crippen LogP contribution in [0.1, 0.15) is 16.1 Å². The molecule has 0 spiro atoms. The molecule has 0 aliphatic heterocycles. The summed E-state index contributed by atoms with van der Waals surface area (Å²) in [6.45, 7) is -0.129. The van der Waals surface area contributed by atoms with Gasteiger partial charge in [0, 0.05) is 12.1 Å². The highest BCUT2D eigenvalue weighted by Gasteiger charge is 2.10. The van der Waals surface area contributed by atoms with Crippen molar-refractivity contribution in [3.05, 3.63) is 59.8 Å². The Labute approximate surface area is 114 Å². The summed E-state index contributed by atoms with van der Waals surface area (Å²) in [5.74, 6) is -1.14. The van der Waals surface area contributed by atoms with E-state index in [9.17, 15) is 14.0 Å². The van der Waals surface area contributed by atoms with Crippen molar-refractivity contribution in [1.29, 1.82) is 0 Å². The van der Waals surface area contributed by atoms with Crippen molar-refractivity contribution in [1.82, 2.24) is 10.6 Å². The van der Waals surface area contributed by atoms with Gasteiger partial charge in [0.15, 0.2) is 5.76 Å². The van der Waals surface area contributed by atoms with E-state index < -0.39 is 11.8 Å². The molecule has 2 N–H and O–H groups in total. The van der Waals surface area contributed by atoms with Crippen LogP contribution in [0.5, 0.6) is 0 Å². The van der Waals surface area contributed by atoms with E-state index in [2.05, 4.69) is 10.6 Å². The molecule has 2 aromatic rings. The van der Waals surface area contributed by atoms with Gasteiger partial charge in [-0.15, -0.1) is 0 Å². The first-order chi connectivity index (χ1) is 9.66. The van der Waals surface area contributed by atoms with E-state index in [-0.39, 0.29) is 24.7 Å². The molecule has 1 aromatic heterocycles. The fraction of sp³-hybridized carbons (Fsp3) is 0.143. The van der Waals surface area contributed by atoms with Crippen LogP contribution < -0.4 is 10.6 Å². The van der Waals surface area contributed by atoms with Gasteiger partial charge in [0.25, 0.3) is 5.91 Å². The van der Waals surface area contributed by atoms with Crippen molar-refractivity contribution in [2.24, 2.45) is 0 Å². The van der Waals surface area contributed by atoms with Gasteiger partial charge in [-0.2, -0.15) is 0 Å². The van der Waals surface area contributed by atoms with Crippen LogP contribution in [-0.4, -0.2) is 18.4 Å². The van der Waals surface area contributed by atoms with E-state index in [0.29, 0.717) is 5.56 Å². The normalized spacial score (nSPS) is 10.1. The van der Waals surface area contributed by atoms with Crippen molar-refractivity contribution in [3.8, 4) is 0 Å². The topological polar surface area (TPSA) is 71.3 Å². The second kappa shape index (κ2) is 6.51. The smallest absolute Gasteiger partial charge is 0.287 e. The minimum atomic E-state index is -0.476. The second-order valence-corrected chi connectivity index (χ2v) is 4.03. The minimum absolute atomic E-state index is 0.0716. The molecule has 0 saturated carbocycles. The predicted octanol–water partition coefficient (Wildman–Crippen LogP) is 1.46. The fourth-order valence-corrected chi connectivity index (χ4v) is 1.55. The first kappa shape index (κ1) is 13.8. The van der Waals surface area contributed by atoms with Crippen LogP contribution in [0.4, 0.5) is 4.39 Å². The van der Waals surface area contributed by atoms with Gasteiger partial charge in [0.2, 0.25) is 5.91 Å². The molecule has 0 aliphatic rings. The minimum Gasteiger partial charge on any atom is -0.459 e. The van der Waals surface area contributed by atoms with Gasteiger partial charge in [-0.1, -0.05) is 18.2 Å². The lowest BCUT2D eigenvalue weighted by Gasteiger charge is -2.06. The molecule has 0 radical (unpaired) electrons. The van der Waals surface area contributed by atoms with Crippen LogP contribution in [0.25, 0.3) is 0 Å². The third-order valence-electron chi connectivity index (χ3n) is 2.59. The molecule has 20 heavy (non-hydrogen) atoms. The zero-order valence-corrected chi connectivity index (χ0v) is 10.6. The van der Waals surface area contributed by atoms with Gasteiger partial charge in [-0.3, -0.25) is 9.59 Å². The van der Waals surface area contributed by atoms with Crippen LogP contribution in [0, 0.1) is 5.82 Å². The monoisotopic (exact) mass is 276 g/mol. The first-order valence-corrected chi connectivity index (χ1v) is 5.98. The molecule has 0 aliphatic carbocycles. The maximum Gasteiger partial charge on any atom is 0.287 e. The number of halogens is 1. The fourth-order valence-electron chi connectivity index (χ4n) is 1.55. The molecule has 0 fully saturated rings. The molecule has 1 aromatic carbocycles. The van der Waals surface area contributed by atoms with E-state index in [4.69, 9.17) is 4.42 Å². The molecular formula is C14H13FN2O3. The quantitative estimate of drug-likeness (QED) is 0.868. The highest BCUT2D eigenvalue weighted by molar-refractivity contribution is 5.94. The zero-order chi connectivity index (χ0) is 14.4. The third kappa shape index (κ3) is 3.68. The van der Waals surface area contributed by atoms with Crippen LogP contribution in [0.2, 0.25) is 0 Å². The van der Waals surface area contributed by atoms with Gasteiger partial charge >= 0.3 is 0 Å². The number of amides is 2. The van der Waals surface area contributed by atoms with Crippen molar-refractivity contribution < 1.29 is 18.4 Å². The van der Waals surface area contributed by atoms with Crippen LogP contribution in [0.3, 0.4) is 0 Å². The summed E-state index contributed by atoms with van der Waals surface area (Å²) in [5, 5.41) is 4.91. The zero-order valence-electron chi connectivity index (χ0n) is 10.6. The van der Waals surface area contributed by atoms with Gasteiger partial charge in [-0.25, -0.2) is 4.39 Å². The van der Waals surface area contributed by atoms with E-state index >= 15 is 0 Å². The summed E-state index contributed by atoms with van der Waals surface area (Å²) >= 11 is 0. The molecule has 2 amide bonds. The summed E-state index contributed by atoms with van der Waals surface area (Å²) in [5.41, 5.74) is 0.387. The molecular weight excluding hydrogens is 263 g/mol. The summed E-state index contributed by atoms with van der Waals surface area (Å²) in [4.78, 5) is 23.0. The largest absolute Gasteiger partial charge is 0.459 e. The average Bonchev–Trinajstić information content (AvgIpc) is 2.98. The lowest BCUT2D eigenvalue weighted by Crippen LogP contribution is -2.36. The number of hydrogen-bond acceptors (Lipinski definition) is 3. The van der Waals surface area contributed by atoms with Gasteiger partial charge < -0.3 is 15.1 Å². The maximum absolute atomic E-state index is 13.3. The van der Waals surface area contributed by atoms with Gasteiger partial charge in [0.05, 0.1) is 12.8 Å². The molecule has 104 valence electrons. The number of hydrogen-bond donors (Lipinski definition) is 2. The number of nitrogens with one attached hydrogen (secondary N) is 2. The Morgan fingerprint density at radius 3 is 2.60 bits per heavy atom. The van der Waals surface area contributed by atoms with Crippen LogP contribution in [-0.2, 0) is 11.3 Å². The highest BCUT2D eigenvalue weighted by atomic mass is 19.1. The van der Waals surface area contributed by atoms with Crippen molar-refractivity contribution in [3.63, 3.8) is 0 Å². The summed E-state index contributed by atoms with van der Waals surface area (Å²) in [6.07, 6.45) is 1.37. The number of carbonyl (C=O) groups is 2. The SMILES string of the molecule is O=C(CNC(=O)c1ccco1)NCc1ccccc1F. The molecule has 6 heteroatoms. The number of carbonyl (C=O) groups excluding carboxylic acids is 2. The Balaban J connectivity index is 1.76. The standard InChI is InChI=1S/C14H13FN2O3/c15-11-5-2-1-4-10(11)8-16-13(18)9-17-14(19)12-6-3-7-20-12/h1-7H,8-9H2,(H,16,18)(H,17,19). The summed E-state index contributed by atoms with van der Waals surface area (Å²) in [6, 6.07) is 9.23. The predicted molar refractivity (Wildman–Crippen MR) is 69.3 cm³/mol. The van der Waals surface area contributed by atoms with Crippen molar-refractivity contribution in [2.75, 3.05) is 6.54 Å². The molecule has 0 bridgehead atoms. The van der Waals surface area contributed by atoms with E-state index in [0.717, 1.165) is 0 Å². The lowest BCUT2D eigenvalue weighted by atomic mass is 10.2. The Bertz CT molecular complexity index is 596. The molecule has 0 saturated heterocycles. The Morgan fingerprint density at radius 2 is 1.90 bits per heavy atom. The van der Waals surface area contributed by atoms with Gasteiger partial charge in [0.1, 0.15) is 5.82 Å². The van der Waals surface area contributed by atoms with Crippen LogP contribution in [0.15, 0.2) is 47.1 Å². The Kier molecular flexibility index (Phi) is 4.49. The molecule has 5 nitrogen and oxygen atoms in total. The Morgan fingerprint density at radius 1 is 1.10 bits per heavy atom. The second-order valence-electron chi connectivity index (χ2n) is 4.03. The molecule has 0 atom stereocenters. The number of furan rings is 1. The van der Waals surface area contributed by atoms with E-state index in [1.54, 1.807) is 24.3 Å².